The second-order valence-electron chi connectivity index (χ2n) is 9.99. The first-order chi connectivity index (χ1) is 17.0. The Morgan fingerprint density at radius 2 is 1.86 bits per heavy atom. The summed E-state index contributed by atoms with van der Waals surface area (Å²) in [6, 6.07) is 10.4. The molecule has 0 bridgehead atoms. The molecule has 7 nitrogen and oxygen atoms in total. The Morgan fingerprint density at radius 3 is 2.57 bits per heavy atom. The van der Waals surface area contributed by atoms with Crippen LogP contribution in [0.1, 0.15) is 66.1 Å². The predicted molar refractivity (Wildman–Crippen MR) is 136 cm³/mol. The molecule has 1 aliphatic carbocycles. The van der Waals surface area contributed by atoms with Crippen LogP contribution in [0.15, 0.2) is 53.7 Å². The molecule has 35 heavy (non-hydrogen) atoms. The first-order valence-corrected chi connectivity index (χ1v) is 12.6. The van der Waals surface area contributed by atoms with Crippen LogP contribution >= 0.6 is 0 Å². The first kappa shape index (κ1) is 22.0. The van der Waals surface area contributed by atoms with E-state index in [1.54, 1.807) is 4.57 Å². The van der Waals surface area contributed by atoms with E-state index in [-0.39, 0.29) is 17.2 Å². The van der Waals surface area contributed by atoms with Crippen molar-refractivity contribution >= 4 is 27.8 Å². The van der Waals surface area contributed by atoms with Gasteiger partial charge in [-0.25, -0.2) is 4.79 Å². The Morgan fingerprint density at radius 1 is 1.06 bits per heavy atom. The Bertz CT molecular complexity index is 1490. The molecular weight excluding hydrogens is 440 g/mol. The third-order valence-corrected chi connectivity index (χ3v) is 7.72. The van der Waals surface area contributed by atoms with E-state index in [4.69, 9.17) is 0 Å². The number of pyridine rings is 2. The van der Waals surface area contributed by atoms with E-state index in [0.717, 1.165) is 39.0 Å². The SMILES string of the molecule is CCn1ccc2c(C3CC3)cc(CN3CCC(n4ccc5ncc(C(=O)O)cc5c4=O)CC3)cc21. The molecule has 1 N–H and O–H groups in total. The molecule has 3 aromatic heterocycles. The monoisotopic (exact) mass is 470 g/mol. The fourth-order valence-electron chi connectivity index (χ4n) is 5.64. The lowest BCUT2D eigenvalue weighted by Gasteiger charge is -2.33. The summed E-state index contributed by atoms with van der Waals surface area (Å²) in [5.74, 6) is -0.358. The summed E-state index contributed by atoms with van der Waals surface area (Å²) < 4.78 is 4.12. The van der Waals surface area contributed by atoms with Crippen molar-refractivity contribution in [3.05, 3.63) is 76.0 Å². The molecule has 1 aromatic carbocycles. The van der Waals surface area contributed by atoms with Gasteiger partial charge in [0.05, 0.1) is 16.5 Å². The molecule has 1 saturated heterocycles. The molecule has 0 spiro atoms. The van der Waals surface area contributed by atoms with Gasteiger partial charge in [0.1, 0.15) is 0 Å². The highest BCUT2D eigenvalue weighted by Gasteiger charge is 2.27. The third kappa shape index (κ3) is 4.04. The number of carboxylic acid groups (broad SMARTS) is 1. The molecule has 0 atom stereocenters. The summed E-state index contributed by atoms with van der Waals surface area (Å²) in [6.45, 7) is 5.95. The van der Waals surface area contributed by atoms with Gasteiger partial charge in [0.2, 0.25) is 0 Å². The zero-order chi connectivity index (χ0) is 24.1. The minimum absolute atomic E-state index is 0.0407. The van der Waals surface area contributed by atoms with Crippen LogP contribution in [-0.4, -0.2) is 43.2 Å². The molecule has 1 aliphatic heterocycles. The second-order valence-corrected chi connectivity index (χ2v) is 9.99. The van der Waals surface area contributed by atoms with Crippen LogP contribution in [0.25, 0.3) is 21.8 Å². The molecule has 2 fully saturated rings. The van der Waals surface area contributed by atoms with Crippen molar-refractivity contribution in [1.29, 1.82) is 0 Å². The number of benzene rings is 1. The Hall–Kier alpha value is -3.45. The van der Waals surface area contributed by atoms with Crippen LogP contribution in [0.3, 0.4) is 0 Å². The van der Waals surface area contributed by atoms with Crippen molar-refractivity contribution in [1.82, 2.24) is 19.0 Å². The smallest absolute Gasteiger partial charge is 0.337 e. The van der Waals surface area contributed by atoms with Gasteiger partial charge < -0.3 is 14.2 Å². The molecule has 0 unspecified atom stereocenters. The maximum Gasteiger partial charge on any atom is 0.337 e. The van der Waals surface area contributed by atoms with E-state index in [2.05, 4.69) is 45.8 Å². The van der Waals surface area contributed by atoms with Crippen LogP contribution in [-0.2, 0) is 13.1 Å². The molecule has 0 amide bonds. The maximum atomic E-state index is 13.2. The average Bonchev–Trinajstić information content (AvgIpc) is 3.63. The van der Waals surface area contributed by atoms with Gasteiger partial charge in [0.15, 0.2) is 0 Å². The van der Waals surface area contributed by atoms with E-state index < -0.39 is 5.97 Å². The topological polar surface area (TPSA) is 80.4 Å². The number of rotatable bonds is 6. The van der Waals surface area contributed by atoms with Gasteiger partial charge in [-0.05, 0) is 73.9 Å². The lowest BCUT2D eigenvalue weighted by atomic mass is 10.00. The fraction of sp³-hybridized carbons (Fsp3) is 0.393. The van der Waals surface area contributed by atoms with Crippen molar-refractivity contribution in [2.75, 3.05) is 13.1 Å². The van der Waals surface area contributed by atoms with Gasteiger partial charge in [-0.3, -0.25) is 14.7 Å². The van der Waals surface area contributed by atoms with Crippen molar-refractivity contribution in [2.24, 2.45) is 0 Å². The Kier molecular flexibility index (Phi) is 5.44. The number of aromatic nitrogens is 3. The lowest BCUT2D eigenvalue weighted by molar-refractivity contribution is 0.0696. The fourth-order valence-corrected chi connectivity index (χ4v) is 5.64. The second kappa shape index (κ2) is 8.64. The van der Waals surface area contributed by atoms with Crippen LogP contribution in [0.2, 0.25) is 0 Å². The van der Waals surface area contributed by atoms with Crippen molar-refractivity contribution in [3.8, 4) is 0 Å². The normalized spacial score (nSPS) is 17.4. The number of aromatic carboxylic acids is 1. The van der Waals surface area contributed by atoms with Crippen LogP contribution in [0, 0.1) is 0 Å². The number of carbonyl (C=O) groups is 1. The van der Waals surface area contributed by atoms with E-state index in [1.165, 1.54) is 47.1 Å². The third-order valence-electron chi connectivity index (χ3n) is 7.72. The van der Waals surface area contributed by atoms with Gasteiger partial charge >= 0.3 is 5.97 Å². The summed E-state index contributed by atoms with van der Waals surface area (Å²) in [5, 5.41) is 11.1. The molecule has 7 heteroatoms. The highest BCUT2D eigenvalue weighted by molar-refractivity contribution is 5.92. The quantitative estimate of drug-likeness (QED) is 0.439. The number of piperidine rings is 1. The summed E-state index contributed by atoms with van der Waals surface area (Å²) in [7, 11) is 0. The largest absolute Gasteiger partial charge is 0.478 e. The van der Waals surface area contributed by atoms with E-state index in [0.29, 0.717) is 16.8 Å². The first-order valence-electron chi connectivity index (χ1n) is 12.6. The van der Waals surface area contributed by atoms with E-state index in [1.807, 2.05) is 12.3 Å². The standard InChI is InChI=1S/C28H30N4O3/c1-2-31-11-7-22-23(19-3-4-19)13-18(14-26(22)31)17-30-9-5-21(6-10-30)32-12-8-25-24(27(32)33)15-20(16-29-25)28(34)35/h7-8,11-16,19,21H,2-6,9-10,17H2,1H3,(H,34,35). The number of carboxylic acids is 1. The van der Waals surface area contributed by atoms with E-state index >= 15 is 0 Å². The van der Waals surface area contributed by atoms with Crippen LogP contribution in [0.5, 0.6) is 0 Å². The Labute approximate surface area is 203 Å². The minimum atomic E-state index is -1.07. The van der Waals surface area contributed by atoms with Gasteiger partial charge in [0.25, 0.3) is 5.56 Å². The zero-order valence-corrected chi connectivity index (χ0v) is 20.0. The minimum Gasteiger partial charge on any atom is -0.478 e. The van der Waals surface area contributed by atoms with Crippen LogP contribution < -0.4 is 5.56 Å². The van der Waals surface area contributed by atoms with Gasteiger partial charge in [-0.2, -0.15) is 0 Å². The summed E-state index contributed by atoms with van der Waals surface area (Å²) in [4.78, 5) is 31.1. The molecule has 2 aliphatic rings. The number of aryl methyl sites for hydroxylation is 1. The van der Waals surface area contributed by atoms with Crippen molar-refractivity contribution < 1.29 is 9.90 Å². The highest BCUT2D eigenvalue weighted by atomic mass is 16.4. The highest BCUT2D eigenvalue weighted by Crippen LogP contribution is 2.44. The summed E-state index contributed by atoms with van der Waals surface area (Å²) in [6.07, 6.45) is 9.70. The van der Waals surface area contributed by atoms with Gasteiger partial charge in [-0.1, -0.05) is 6.07 Å². The molecule has 6 rings (SSSR count). The van der Waals surface area contributed by atoms with Gasteiger partial charge in [0, 0.05) is 61.7 Å². The van der Waals surface area contributed by atoms with Crippen molar-refractivity contribution in [3.63, 3.8) is 0 Å². The molecule has 180 valence electrons. The number of hydrogen-bond acceptors (Lipinski definition) is 4. The average molecular weight is 471 g/mol. The van der Waals surface area contributed by atoms with E-state index in [9.17, 15) is 14.7 Å². The molecule has 4 aromatic rings. The number of nitrogens with zero attached hydrogens (tertiary/aromatic N) is 4. The van der Waals surface area contributed by atoms with Crippen LogP contribution in [0.4, 0.5) is 0 Å². The number of fused-ring (bicyclic) bond motifs is 2. The zero-order valence-electron chi connectivity index (χ0n) is 20.0. The maximum absolute atomic E-state index is 13.2. The number of hydrogen-bond donors (Lipinski definition) is 1. The van der Waals surface area contributed by atoms with Crippen molar-refractivity contribution in [2.45, 2.75) is 57.7 Å². The Balaban J connectivity index is 1.20. The van der Waals surface area contributed by atoms with Gasteiger partial charge in [-0.15, -0.1) is 0 Å². The molecule has 4 heterocycles. The lowest BCUT2D eigenvalue weighted by Crippen LogP contribution is -2.37. The molecule has 1 saturated carbocycles. The summed E-state index contributed by atoms with van der Waals surface area (Å²) in [5.41, 5.74) is 4.65. The predicted octanol–water partition coefficient (Wildman–Crippen LogP) is 4.78. The summed E-state index contributed by atoms with van der Waals surface area (Å²) >= 11 is 0. The molecular formula is C28H30N4O3. The number of likely N-dealkylation sites (tertiary alicyclic amines) is 1. The molecule has 0 radical (unpaired) electrons.